The van der Waals surface area contributed by atoms with Crippen LogP contribution >= 0.6 is 0 Å². The van der Waals surface area contributed by atoms with E-state index in [1.54, 1.807) is 12.4 Å². The van der Waals surface area contributed by atoms with Gasteiger partial charge in [0.15, 0.2) is 5.82 Å². The molecule has 74 valence electrons. The zero-order valence-corrected chi connectivity index (χ0v) is 8.44. The largest absolute Gasteiger partial charge is 0.308 e. The van der Waals surface area contributed by atoms with Crippen LogP contribution in [-0.2, 0) is 0 Å². The number of hydrogen-bond donors (Lipinski definition) is 1. The Bertz CT molecular complexity index is 457. The smallest absolute Gasteiger partial charge is 0.159 e. The maximum absolute atomic E-state index is 7.04. The van der Waals surface area contributed by atoms with Crippen molar-refractivity contribution in [3.63, 3.8) is 0 Å². The zero-order valence-electron chi connectivity index (χ0n) is 8.44. The van der Waals surface area contributed by atoms with Gasteiger partial charge >= 0.3 is 0 Å². The lowest BCUT2D eigenvalue weighted by molar-refractivity contribution is 1.17. The first kappa shape index (κ1) is 9.52. The summed E-state index contributed by atoms with van der Waals surface area (Å²) >= 11 is 0. The van der Waals surface area contributed by atoms with Crippen LogP contribution in [0.2, 0.25) is 0 Å². The Morgan fingerprint density at radius 3 is 2.20 bits per heavy atom. The number of nitrogens with one attached hydrogen (secondary N) is 1. The van der Waals surface area contributed by atoms with E-state index in [4.69, 9.17) is 5.41 Å². The van der Waals surface area contributed by atoms with E-state index in [1.807, 2.05) is 31.2 Å². The predicted octanol–water partition coefficient (Wildman–Crippen LogP) is 2.45. The second kappa shape index (κ2) is 4.00. The van der Waals surface area contributed by atoms with E-state index in [1.165, 1.54) is 11.8 Å². The third kappa shape index (κ3) is 2.07. The number of aryl methyl sites for hydroxylation is 1. The van der Waals surface area contributed by atoms with Crippen LogP contribution in [0.25, 0.3) is 11.4 Å². The first-order valence-corrected chi connectivity index (χ1v) is 4.69. The average Bonchev–Trinajstić information content (AvgIpc) is 2.30. The SMILES string of the molecule is Cc1ccc(-c2ncc(C=N)cn2)cc1. The molecule has 0 amide bonds. The summed E-state index contributed by atoms with van der Waals surface area (Å²) < 4.78 is 0. The number of rotatable bonds is 2. The molecule has 0 aliphatic carbocycles. The second-order valence-electron chi connectivity index (χ2n) is 3.35. The fraction of sp³-hybridized carbons (Fsp3) is 0.0833. The molecule has 2 aromatic rings. The van der Waals surface area contributed by atoms with E-state index in [-0.39, 0.29) is 0 Å². The van der Waals surface area contributed by atoms with Crippen molar-refractivity contribution >= 4 is 6.21 Å². The molecule has 1 aromatic carbocycles. The monoisotopic (exact) mass is 197 g/mol. The Morgan fingerprint density at radius 1 is 1.07 bits per heavy atom. The molecule has 3 heteroatoms. The third-order valence-electron chi connectivity index (χ3n) is 2.15. The minimum absolute atomic E-state index is 0.695. The van der Waals surface area contributed by atoms with Gasteiger partial charge in [0, 0.05) is 29.7 Å². The highest BCUT2D eigenvalue weighted by molar-refractivity contribution is 5.76. The maximum Gasteiger partial charge on any atom is 0.159 e. The van der Waals surface area contributed by atoms with Crippen molar-refractivity contribution in [2.45, 2.75) is 6.92 Å². The van der Waals surface area contributed by atoms with Crippen LogP contribution in [0.1, 0.15) is 11.1 Å². The van der Waals surface area contributed by atoms with Crippen molar-refractivity contribution in [2.75, 3.05) is 0 Å². The van der Waals surface area contributed by atoms with Crippen molar-refractivity contribution in [2.24, 2.45) is 0 Å². The predicted molar refractivity (Wildman–Crippen MR) is 60.1 cm³/mol. The molecule has 0 bridgehead atoms. The summed E-state index contributed by atoms with van der Waals surface area (Å²) in [6, 6.07) is 8.05. The molecular formula is C12H11N3. The lowest BCUT2D eigenvalue weighted by atomic mass is 10.1. The van der Waals surface area contributed by atoms with E-state index >= 15 is 0 Å². The standard InChI is InChI=1S/C12H11N3/c1-9-2-4-11(5-3-9)12-14-7-10(6-13)8-15-12/h2-8,13H,1H3. The minimum Gasteiger partial charge on any atom is -0.308 e. The molecule has 1 aromatic heterocycles. The van der Waals surface area contributed by atoms with Crippen molar-refractivity contribution < 1.29 is 0 Å². The van der Waals surface area contributed by atoms with Gasteiger partial charge in [0.1, 0.15) is 0 Å². The Balaban J connectivity index is 2.37. The van der Waals surface area contributed by atoms with Crippen molar-refractivity contribution in [1.29, 1.82) is 5.41 Å². The summed E-state index contributed by atoms with van der Waals surface area (Å²) in [6.45, 7) is 2.04. The highest BCUT2D eigenvalue weighted by Gasteiger charge is 1.99. The fourth-order valence-corrected chi connectivity index (χ4v) is 1.26. The van der Waals surface area contributed by atoms with Gasteiger partial charge in [-0.2, -0.15) is 0 Å². The number of nitrogens with zero attached hydrogens (tertiary/aromatic N) is 2. The van der Waals surface area contributed by atoms with Gasteiger partial charge < -0.3 is 5.41 Å². The molecule has 0 spiro atoms. The van der Waals surface area contributed by atoms with Crippen LogP contribution in [0, 0.1) is 12.3 Å². The second-order valence-corrected chi connectivity index (χ2v) is 3.35. The Labute approximate surface area is 88.3 Å². The van der Waals surface area contributed by atoms with Gasteiger partial charge in [-0.1, -0.05) is 29.8 Å². The van der Waals surface area contributed by atoms with Gasteiger partial charge in [0.25, 0.3) is 0 Å². The summed E-state index contributed by atoms with van der Waals surface area (Å²) in [5.41, 5.74) is 2.93. The van der Waals surface area contributed by atoms with Crippen LogP contribution < -0.4 is 0 Å². The molecule has 3 nitrogen and oxygen atoms in total. The molecule has 15 heavy (non-hydrogen) atoms. The third-order valence-corrected chi connectivity index (χ3v) is 2.15. The first-order chi connectivity index (χ1) is 7.29. The van der Waals surface area contributed by atoms with E-state index in [0.29, 0.717) is 11.4 Å². The summed E-state index contributed by atoms with van der Waals surface area (Å²) in [6.07, 6.45) is 4.53. The molecule has 0 saturated carbocycles. The molecule has 0 aliphatic rings. The molecule has 0 fully saturated rings. The lowest BCUT2D eigenvalue weighted by Gasteiger charge is -2.00. The van der Waals surface area contributed by atoms with Crippen LogP contribution in [-0.4, -0.2) is 16.2 Å². The number of benzene rings is 1. The average molecular weight is 197 g/mol. The minimum atomic E-state index is 0.695. The molecule has 0 radical (unpaired) electrons. The Hall–Kier alpha value is -2.03. The van der Waals surface area contributed by atoms with Crippen LogP contribution in [0.5, 0.6) is 0 Å². The van der Waals surface area contributed by atoms with Crippen molar-refractivity contribution in [3.05, 3.63) is 47.8 Å². The molecule has 0 saturated heterocycles. The van der Waals surface area contributed by atoms with Crippen LogP contribution in [0.4, 0.5) is 0 Å². The molecule has 0 unspecified atom stereocenters. The van der Waals surface area contributed by atoms with Gasteiger partial charge in [0.2, 0.25) is 0 Å². The van der Waals surface area contributed by atoms with Crippen molar-refractivity contribution in [3.8, 4) is 11.4 Å². The molecule has 1 N–H and O–H groups in total. The summed E-state index contributed by atoms with van der Waals surface area (Å²) in [7, 11) is 0. The first-order valence-electron chi connectivity index (χ1n) is 4.69. The van der Waals surface area contributed by atoms with E-state index < -0.39 is 0 Å². The van der Waals surface area contributed by atoms with Gasteiger partial charge in [-0.3, -0.25) is 0 Å². The molecule has 2 rings (SSSR count). The fourth-order valence-electron chi connectivity index (χ4n) is 1.26. The molecule has 1 heterocycles. The normalized spacial score (nSPS) is 9.93. The zero-order chi connectivity index (χ0) is 10.7. The molecule has 0 aliphatic heterocycles. The topological polar surface area (TPSA) is 49.6 Å². The van der Waals surface area contributed by atoms with Crippen LogP contribution in [0.15, 0.2) is 36.7 Å². The van der Waals surface area contributed by atoms with E-state index in [9.17, 15) is 0 Å². The van der Waals surface area contributed by atoms with Gasteiger partial charge in [-0.05, 0) is 6.92 Å². The van der Waals surface area contributed by atoms with Gasteiger partial charge in [-0.25, -0.2) is 9.97 Å². The number of hydrogen-bond acceptors (Lipinski definition) is 3. The molecule has 0 atom stereocenters. The van der Waals surface area contributed by atoms with Crippen molar-refractivity contribution in [1.82, 2.24) is 9.97 Å². The van der Waals surface area contributed by atoms with Gasteiger partial charge in [0.05, 0.1) is 0 Å². The van der Waals surface area contributed by atoms with Gasteiger partial charge in [-0.15, -0.1) is 0 Å². The van der Waals surface area contributed by atoms with E-state index in [2.05, 4.69) is 9.97 Å². The summed E-state index contributed by atoms with van der Waals surface area (Å²) in [5.74, 6) is 0.695. The molecular weight excluding hydrogens is 186 g/mol. The Morgan fingerprint density at radius 2 is 1.67 bits per heavy atom. The highest BCUT2D eigenvalue weighted by Crippen LogP contribution is 2.14. The Kier molecular flexibility index (Phi) is 2.54. The summed E-state index contributed by atoms with van der Waals surface area (Å²) in [4.78, 5) is 8.37. The summed E-state index contributed by atoms with van der Waals surface area (Å²) in [5, 5.41) is 7.04. The quantitative estimate of drug-likeness (QED) is 0.752. The maximum atomic E-state index is 7.04. The number of aromatic nitrogens is 2. The lowest BCUT2D eigenvalue weighted by Crippen LogP contribution is -1.91. The highest BCUT2D eigenvalue weighted by atomic mass is 14.9. The van der Waals surface area contributed by atoms with E-state index in [0.717, 1.165) is 5.56 Å². The van der Waals surface area contributed by atoms with Crippen LogP contribution in [0.3, 0.4) is 0 Å².